The number of rotatable bonds is 3. The van der Waals surface area contributed by atoms with Gasteiger partial charge in [0.15, 0.2) is 0 Å². The minimum Gasteiger partial charge on any atom is -0.334 e. The van der Waals surface area contributed by atoms with Gasteiger partial charge in [-0.1, -0.05) is 12.1 Å². The summed E-state index contributed by atoms with van der Waals surface area (Å²) in [6.07, 6.45) is 2.65. The Morgan fingerprint density at radius 2 is 1.83 bits per heavy atom. The number of nitrogens with one attached hydrogen (secondary N) is 3. The molecule has 3 heterocycles. The third-order valence-corrected chi connectivity index (χ3v) is 6.47. The zero-order valence-corrected chi connectivity index (χ0v) is 19.0. The zero-order chi connectivity index (χ0) is 24.1. The van der Waals surface area contributed by atoms with Gasteiger partial charge in [0, 0.05) is 48.5 Å². The van der Waals surface area contributed by atoms with Gasteiger partial charge in [-0.25, -0.2) is 0 Å². The minimum atomic E-state index is -0.255. The van der Waals surface area contributed by atoms with E-state index < -0.39 is 0 Å². The van der Waals surface area contributed by atoms with Crippen LogP contribution in [0, 0.1) is 0 Å². The second-order valence-corrected chi connectivity index (χ2v) is 8.83. The van der Waals surface area contributed by atoms with E-state index in [1.165, 1.54) is 0 Å². The maximum absolute atomic E-state index is 13.2. The Kier molecular flexibility index (Phi) is 4.77. The van der Waals surface area contributed by atoms with Crippen LogP contribution in [0.3, 0.4) is 0 Å². The van der Waals surface area contributed by atoms with Crippen LogP contribution in [0.1, 0.15) is 31.8 Å². The van der Waals surface area contributed by atoms with Crippen molar-refractivity contribution in [2.75, 3.05) is 11.9 Å². The number of H-pyrrole nitrogens is 2. The van der Waals surface area contributed by atoms with Gasteiger partial charge in [0.05, 0.1) is 16.4 Å². The standard InChI is InChI=1S/C26H22N6O3/c1-31-13-18-5-4-17(11-22(18)30-31)26(35)32-9-8-15-2-3-16(10-19(15)14-32)24(33)27-20-6-7-21-23(12-20)28-29-25(21)34/h2-7,10-13H,8-9,14H2,1H3,(H,27,33)(H2,28,29,34). The van der Waals surface area contributed by atoms with Crippen molar-refractivity contribution in [2.45, 2.75) is 13.0 Å². The summed E-state index contributed by atoms with van der Waals surface area (Å²) < 4.78 is 1.73. The average Bonchev–Trinajstić information content (AvgIpc) is 3.43. The molecule has 3 N–H and O–H groups in total. The summed E-state index contributed by atoms with van der Waals surface area (Å²) in [6.45, 7) is 1.05. The summed E-state index contributed by atoms with van der Waals surface area (Å²) in [6, 6.07) is 16.3. The maximum Gasteiger partial charge on any atom is 0.271 e. The highest BCUT2D eigenvalue weighted by atomic mass is 16.2. The largest absolute Gasteiger partial charge is 0.334 e. The number of aryl methyl sites for hydroxylation is 1. The van der Waals surface area contributed by atoms with Crippen molar-refractivity contribution in [1.29, 1.82) is 0 Å². The van der Waals surface area contributed by atoms with Crippen LogP contribution in [-0.2, 0) is 20.0 Å². The van der Waals surface area contributed by atoms with E-state index in [0.717, 1.165) is 28.5 Å². The van der Waals surface area contributed by atoms with Crippen LogP contribution in [-0.4, -0.2) is 43.2 Å². The Balaban J connectivity index is 1.21. The van der Waals surface area contributed by atoms with E-state index in [1.54, 1.807) is 28.9 Å². The van der Waals surface area contributed by atoms with Crippen molar-refractivity contribution in [3.05, 3.63) is 93.4 Å². The molecule has 0 bridgehead atoms. The van der Waals surface area contributed by atoms with Crippen molar-refractivity contribution < 1.29 is 9.59 Å². The van der Waals surface area contributed by atoms with E-state index in [0.29, 0.717) is 40.8 Å². The smallest absolute Gasteiger partial charge is 0.271 e. The topological polar surface area (TPSA) is 116 Å². The molecule has 0 saturated heterocycles. The van der Waals surface area contributed by atoms with E-state index in [9.17, 15) is 14.4 Å². The second kappa shape index (κ2) is 7.98. The molecule has 1 aliphatic rings. The Labute approximate surface area is 199 Å². The molecule has 9 heteroatoms. The molecule has 2 amide bonds. The van der Waals surface area contributed by atoms with Crippen molar-refractivity contribution in [2.24, 2.45) is 7.05 Å². The second-order valence-electron chi connectivity index (χ2n) is 8.83. The van der Waals surface area contributed by atoms with E-state index in [4.69, 9.17) is 0 Å². The lowest BCUT2D eigenvalue weighted by Crippen LogP contribution is -2.36. The number of aromatic amines is 2. The molecule has 6 rings (SSSR count). The van der Waals surface area contributed by atoms with Gasteiger partial charge >= 0.3 is 0 Å². The molecule has 9 nitrogen and oxygen atoms in total. The van der Waals surface area contributed by atoms with Crippen LogP contribution in [0.25, 0.3) is 21.8 Å². The fourth-order valence-corrected chi connectivity index (χ4v) is 4.64. The summed E-state index contributed by atoms with van der Waals surface area (Å²) in [5.41, 5.74) is 5.00. The van der Waals surface area contributed by atoms with E-state index in [1.807, 2.05) is 48.5 Å². The van der Waals surface area contributed by atoms with Gasteiger partial charge in [-0.15, -0.1) is 0 Å². The van der Waals surface area contributed by atoms with E-state index >= 15 is 0 Å². The van der Waals surface area contributed by atoms with Crippen LogP contribution in [0.15, 0.2) is 65.6 Å². The van der Waals surface area contributed by atoms with Gasteiger partial charge in [-0.05, 0) is 60.0 Å². The van der Waals surface area contributed by atoms with Crippen LogP contribution in [0.2, 0.25) is 0 Å². The lowest BCUT2D eigenvalue weighted by Gasteiger charge is -2.29. The minimum absolute atomic E-state index is 0.0492. The zero-order valence-electron chi connectivity index (χ0n) is 19.0. The molecule has 2 aromatic heterocycles. The number of hydrogen-bond donors (Lipinski definition) is 3. The van der Waals surface area contributed by atoms with Gasteiger partial charge in [-0.2, -0.15) is 5.10 Å². The third kappa shape index (κ3) is 3.76. The van der Waals surface area contributed by atoms with Gasteiger partial charge in [0.2, 0.25) is 0 Å². The lowest BCUT2D eigenvalue weighted by atomic mass is 9.96. The number of anilines is 1. The van der Waals surface area contributed by atoms with Crippen molar-refractivity contribution in [3.63, 3.8) is 0 Å². The van der Waals surface area contributed by atoms with Crippen molar-refractivity contribution in [1.82, 2.24) is 24.9 Å². The predicted octanol–water partition coefficient (Wildman–Crippen LogP) is 3.19. The normalized spacial score (nSPS) is 13.2. The number of benzene rings is 3. The highest BCUT2D eigenvalue weighted by molar-refractivity contribution is 6.05. The highest BCUT2D eigenvalue weighted by Gasteiger charge is 2.23. The quantitative estimate of drug-likeness (QED) is 0.379. The fourth-order valence-electron chi connectivity index (χ4n) is 4.64. The molecule has 1 aliphatic heterocycles. The Morgan fingerprint density at radius 3 is 2.71 bits per heavy atom. The molecule has 5 aromatic rings. The molecule has 0 radical (unpaired) electrons. The number of amides is 2. The monoisotopic (exact) mass is 466 g/mol. The van der Waals surface area contributed by atoms with Gasteiger partial charge in [0.25, 0.3) is 17.4 Å². The summed E-state index contributed by atoms with van der Waals surface area (Å²) in [7, 11) is 1.86. The van der Waals surface area contributed by atoms with Crippen LogP contribution in [0.5, 0.6) is 0 Å². The highest BCUT2D eigenvalue weighted by Crippen LogP contribution is 2.24. The van der Waals surface area contributed by atoms with E-state index in [2.05, 4.69) is 20.6 Å². The molecular formula is C26H22N6O3. The molecule has 0 aliphatic carbocycles. The first-order valence-corrected chi connectivity index (χ1v) is 11.3. The number of hydrogen-bond acceptors (Lipinski definition) is 4. The molecule has 0 saturated carbocycles. The summed E-state index contributed by atoms with van der Waals surface area (Å²) in [5, 5.41) is 14.1. The SMILES string of the molecule is Cn1cc2ccc(C(=O)N3CCc4ccc(C(=O)Nc5ccc6c(=O)[nH][nH]c6c5)cc4C3)cc2n1. The first-order valence-electron chi connectivity index (χ1n) is 11.3. The number of fused-ring (bicyclic) bond motifs is 3. The number of aromatic nitrogens is 4. The Hall–Kier alpha value is -4.66. The maximum atomic E-state index is 13.2. The molecule has 35 heavy (non-hydrogen) atoms. The Morgan fingerprint density at radius 1 is 0.971 bits per heavy atom. The van der Waals surface area contributed by atoms with Crippen molar-refractivity contribution >= 4 is 39.3 Å². The van der Waals surface area contributed by atoms with Crippen LogP contribution < -0.4 is 10.9 Å². The number of carbonyl (C=O) groups is 2. The molecule has 3 aromatic carbocycles. The van der Waals surface area contributed by atoms with Gasteiger partial charge < -0.3 is 10.2 Å². The van der Waals surface area contributed by atoms with Crippen LogP contribution >= 0.6 is 0 Å². The Bertz CT molecular complexity index is 1690. The molecule has 174 valence electrons. The van der Waals surface area contributed by atoms with Gasteiger partial charge in [-0.3, -0.25) is 29.3 Å². The van der Waals surface area contributed by atoms with Crippen LogP contribution in [0.4, 0.5) is 5.69 Å². The van der Waals surface area contributed by atoms with E-state index in [-0.39, 0.29) is 17.4 Å². The molecule has 0 atom stereocenters. The lowest BCUT2D eigenvalue weighted by molar-refractivity contribution is 0.0735. The van der Waals surface area contributed by atoms with Crippen molar-refractivity contribution in [3.8, 4) is 0 Å². The summed E-state index contributed by atoms with van der Waals surface area (Å²) in [4.78, 5) is 39.6. The van der Waals surface area contributed by atoms with Gasteiger partial charge in [0.1, 0.15) is 0 Å². The third-order valence-electron chi connectivity index (χ3n) is 6.47. The molecule has 0 unspecified atom stereocenters. The molecule has 0 fully saturated rings. The predicted molar refractivity (Wildman–Crippen MR) is 132 cm³/mol. The first-order chi connectivity index (χ1) is 16.9. The summed E-state index contributed by atoms with van der Waals surface area (Å²) in [5.74, 6) is -0.305. The molecular weight excluding hydrogens is 444 g/mol. The first kappa shape index (κ1) is 20.9. The summed E-state index contributed by atoms with van der Waals surface area (Å²) >= 11 is 0. The number of nitrogens with zero attached hydrogens (tertiary/aromatic N) is 3. The molecule has 0 spiro atoms. The average molecular weight is 467 g/mol. The number of carbonyl (C=O) groups excluding carboxylic acids is 2. The fraction of sp³-hybridized carbons (Fsp3) is 0.154.